The zero-order valence-corrected chi connectivity index (χ0v) is 10.8. The van der Waals surface area contributed by atoms with Gasteiger partial charge in [0.05, 0.1) is 16.6 Å². The molecule has 88 valence electrons. The summed E-state index contributed by atoms with van der Waals surface area (Å²) in [5, 5.41) is 10.8. The topological polar surface area (TPSA) is 50.2 Å². The first-order chi connectivity index (χ1) is 8.65. The molecule has 1 aromatic heterocycles. The number of rotatable bonds is 1. The molecule has 4 heteroatoms. The average Bonchev–Trinajstić information content (AvgIpc) is 2.36. The second-order valence-corrected chi connectivity index (χ2v) is 4.87. The van der Waals surface area contributed by atoms with Gasteiger partial charge in [-0.1, -0.05) is 12.1 Å². The van der Waals surface area contributed by atoms with Crippen LogP contribution in [0.1, 0.15) is 10.4 Å². The fourth-order valence-corrected chi connectivity index (χ4v) is 2.43. The Morgan fingerprint density at radius 2 is 1.94 bits per heavy atom. The molecule has 0 unspecified atom stereocenters. The van der Waals surface area contributed by atoms with Crippen molar-refractivity contribution in [3.63, 3.8) is 0 Å². The number of carboxylic acid groups (broad SMARTS) is 1. The summed E-state index contributed by atoms with van der Waals surface area (Å²) in [6.45, 7) is 0. The molecule has 0 aliphatic rings. The highest BCUT2D eigenvalue weighted by molar-refractivity contribution is 9.10. The molecule has 3 aromatic rings. The second kappa shape index (κ2) is 4.07. The molecule has 0 spiro atoms. The summed E-state index contributed by atoms with van der Waals surface area (Å²) in [7, 11) is 0. The van der Waals surface area contributed by atoms with Crippen molar-refractivity contribution in [2.45, 2.75) is 0 Å². The number of aromatic nitrogens is 1. The lowest BCUT2D eigenvalue weighted by Crippen LogP contribution is -1.95. The van der Waals surface area contributed by atoms with Gasteiger partial charge in [0.15, 0.2) is 0 Å². The van der Waals surface area contributed by atoms with Crippen LogP contribution in [0.25, 0.3) is 21.8 Å². The lowest BCUT2D eigenvalue weighted by Gasteiger charge is -2.04. The monoisotopic (exact) mass is 301 g/mol. The van der Waals surface area contributed by atoms with E-state index in [1.54, 1.807) is 18.2 Å². The van der Waals surface area contributed by atoms with Gasteiger partial charge in [-0.05, 0) is 46.3 Å². The number of pyridine rings is 1. The SMILES string of the molecule is O=C(O)c1ccc2nc3c(Br)cccc3cc2c1. The zero-order valence-electron chi connectivity index (χ0n) is 9.22. The van der Waals surface area contributed by atoms with Crippen molar-refractivity contribution in [3.8, 4) is 0 Å². The maximum Gasteiger partial charge on any atom is 0.335 e. The van der Waals surface area contributed by atoms with Gasteiger partial charge in [-0.15, -0.1) is 0 Å². The minimum absolute atomic E-state index is 0.277. The van der Waals surface area contributed by atoms with Crippen molar-refractivity contribution < 1.29 is 9.90 Å². The van der Waals surface area contributed by atoms with E-state index in [0.29, 0.717) is 0 Å². The largest absolute Gasteiger partial charge is 0.478 e. The highest BCUT2D eigenvalue weighted by Gasteiger charge is 2.06. The fourth-order valence-electron chi connectivity index (χ4n) is 1.96. The molecule has 0 fully saturated rings. The molecule has 1 N–H and O–H groups in total. The highest BCUT2D eigenvalue weighted by Crippen LogP contribution is 2.26. The number of hydrogen-bond acceptors (Lipinski definition) is 2. The number of benzene rings is 2. The van der Waals surface area contributed by atoms with Crippen molar-refractivity contribution in [1.82, 2.24) is 4.98 Å². The van der Waals surface area contributed by atoms with Crippen LogP contribution in [0.4, 0.5) is 0 Å². The molecule has 0 radical (unpaired) electrons. The molecule has 1 heterocycles. The van der Waals surface area contributed by atoms with E-state index in [0.717, 1.165) is 26.3 Å². The Balaban J connectivity index is 2.38. The van der Waals surface area contributed by atoms with E-state index in [4.69, 9.17) is 5.11 Å². The van der Waals surface area contributed by atoms with E-state index in [9.17, 15) is 4.79 Å². The van der Waals surface area contributed by atoms with Crippen molar-refractivity contribution >= 4 is 43.7 Å². The molecular weight excluding hydrogens is 294 g/mol. The summed E-state index contributed by atoms with van der Waals surface area (Å²) < 4.78 is 0.934. The fraction of sp³-hybridized carbons (Fsp3) is 0. The van der Waals surface area contributed by atoms with E-state index in [1.807, 2.05) is 24.3 Å². The van der Waals surface area contributed by atoms with Gasteiger partial charge in [-0.2, -0.15) is 0 Å². The summed E-state index contributed by atoms with van der Waals surface area (Å²) in [5.41, 5.74) is 1.95. The average molecular weight is 302 g/mol. The van der Waals surface area contributed by atoms with Gasteiger partial charge in [-0.3, -0.25) is 0 Å². The number of carbonyl (C=O) groups is 1. The van der Waals surface area contributed by atoms with Gasteiger partial charge >= 0.3 is 5.97 Å². The lowest BCUT2D eigenvalue weighted by molar-refractivity contribution is 0.0697. The quantitative estimate of drug-likeness (QED) is 0.695. The molecule has 0 aliphatic heterocycles. The van der Waals surface area contributed by atoms with Crippen molar-refractivity contribution in [3.05, 3.63) is 52.5 Å². The van der Waals surface area contributed by atoms with Crippen LogP contribution < -0.4 is 0 Å². The molecule has 2 aromatic carbocycles. The predicted molar refractivity (Wildman–Crippen MR) is 73.9 cm³/mol. The minimum Gasteiger partial charge on any atom is -0.478 e. The number of halogens is 1. The molecule has 3 nitrogen and oxygen atoms in total. The van der Waals surface area contributed by atoms with Gasteiger partial charge in [-0.25, -0.2) is 9.78 Å². The first-order valence-electron chi connectivity index (χ1n) is 5.37. The summed E-state index contributed by atoms with van der Waals surface area (Å²) in [4.78, 5) is 15.5. The number of carboxylic acids is 1. The summed E-state index contributed by atoms with van der Waals surface area (Å²) in [6.07, 6.45) is 0. The number of fused-ring (bicyclic) bond motifs is 2. The molecule has 18 heavy (non-hydrogen) atoms. The molecule has 0 atom stereocenters. The van der Waals surface area contributed by atoms with Crippen LogP contribution in [-0.2, 0) is 0 Å². The summed E-state index contributed by atoms with van der Waals surface area (Å²) in [5.74, 6) is -0.925. The third kappa shape index (κ3) is 1.75. The smallest absolute Gasteiger partial charge is 0.335 e. The normalized spacial score (nSPS) is 10.9. The standard InChI is InChI=1S/C14H8BrNO2/c15-11-3-1-2-8-6-10-7-9(14(17)18)4-5-12(10)16-13(8)11/h1-7H,(H,17,18). The van der Waals surface area contributed by atoms with Crippen molar-refractivity contribution in [1.29, 1.82) is 0 Å². The number of hydrogen-bond donors (Lipinski definition) is 1. The van der Waals surface area contributed by atoms with Gasteiger partial charge in [0.2, 0.25) is 0 Å². The van der Waals surface area contributed by atoms with Crippen LogP contribution in [0.15, 0.2) is 46.9 Å². The van der Waals surface area contributed by atoms with Crippen molar-refractivity contribution in [2.24, 2.45) is 0 Å². The van der Waals surface area contributed by atoms with Crippen LogP contribution in [-0.4, -0.2) is 16.1 Å². The first kappa shape index (κ1) is 11.2. The summed E-state index contributed by atoms with van der Waals surface area (Å²) in [6, 6.07) is 12.7. The molecule has 3 rings (SSSR count). The van der Waals surface area contributed by atoms with E-state index < -0.39 is 5.97 Å². The number of para-hydroxylation sites is 1. The third-order valence-electron chi connectivity index (χ3n) is 2.84. The van der Waals surface area contributed by atoms with Gasteiger partial charge in [0.25, 0.3) is 0 Å². The zero-order chi connectivity index (χ0) is 12.7. The Bertz CT molecular complexity index is 783. The predicted octanol–water partition coefficient (Wildman–Crippen LogP) is 3.85. The first-order valence-corrected chi connectivity index (χ1v) is 6.17. The Morgan fingerprint density at radius 3 is 2.72 bits per heavy atom. The van der Waals surface area contributed by atoms with Crippen LogP contribution in [0, 0.1) is 0 Å². The van der Waals surface area contributed by atoms with E-state index in [2.05, 4.69) is 20.9 Å². The van der Waals surface area contributed by atoms with Gasteiger partial charge in [0, 0.05) is 15.2 Å². The van der Waals surface area contributed by atoms with Gasteiger partial charge < -0.3 is 5.11 Å². The van der Waals surface area contributed by atoms with Crippen LogP contribution in [0.5, 0.6) is 0 Å². The Hall–Kier alpha value is -1.94. The third-order valence-corrected chi connectivity index (χ3v) is 3.48. The molecule has 0 saturated heterocycles. The molecule has 0 aliphatic carbocycles. The molecule has 0 saturated carbocycles. The van der Waals surface area contributed by atoms with Crippen molar-refractivity contribution in [2.75, 3.05) is 0 Å². The van der Waals surface area contributed by atoms with E-state index in [-0.39, 0.29) is 5.56 Å². The Labute approximate surface area is 111 Å². The Kier molecular flexibility index (Phi) is 2.52. The second-order valence-electron chi connectivity index (χ2n) is 4.01. The highest BCUT2D eigenvalue weighted by atomic mass is 79.9. The van der Waals surface area contributed by atoms with Crippen LogP contribution in [0.2, 0.25) is 0 Å². The molecular formula is C14H8BrNO2. The lowest BCUT2D eigenvalue weighted by atomic mass is 10.1. The maximum atomic E-state index is 10.9. The molecule has 0 bridgehead atoms. The summed E-state index contributed by atoms with van der Waals surface area (Å²) >= 11 is 3.46. The van der Waals surface area contributed by atoms with Gasteiger partial charge in [0.1, 0.15) is 0 Å². The Morgan fingerprint density at radius 1 is 1.11 bits per heavy atom. The molecule has 0 amide bonds. The van der Waals surface area contributed by atoms with Crippen LogP contribution >= 0.6 is 15.9 Å². The van der Waals surface area contributed by atoms with Crippen LogP contribution in [0.3, 0.4) is 0 Å². The number of aromatic carboxylic acids is 1. The maximum absolute atomic E-state index is 10.9. The minimum atomic E-state index is -0.925. The number of nitrogens with zero attached hydrogens (tertiary/aromatic N) is 1. The van der Waals surface area contributed by atoms with E-state index >= 15 is 0 Å². The van der Waals surface area contributed by atoms with E-state index in [1.165, 1.54) is 0 Å².